The number of aromatic nitrogens is 2. The van der Waals surface area contributed by atoms with Crippen LogP contribution in [0, 0.1) is 12.7 Å². The second kappa shape index (κ2) is 8.94. The highest BCUT2D eigenvalue weighted by Gasteiger charge is 2.36. The monoisotopic (exact) mass is 454 g/mol. The molecule has 0 saturated heterocycles. The molecule has 1 aliphatic heterocycles. The molecule has 170 valence electrons. The Balaban J connectivity index is 1.62. The van der Waals surface area contributed by atoms with E-state index in [2.05, 4.69) is 15.5 Å². The first kappa shape index (κ1) is 21.6. The van der Waals surface area contributed by atoms with Crippen molar-refractivity contribution in [2.24, 2.45) is 0 Å². The van der Waals surface area contributed by atoms with E-state index < -0.39 is 6.04 Å². The summed E-state index contributed by atoms with van der Waals surface area (Å²) < 4.78 is 19.8. The normalized spacial score (nSPS) is 16.0. The maximum atomic E-state index is 14.1. The summed E-state index contributed by atoms with van der Waals surface area (Å²) in [6.45, 7) is 4.24. The number of allylic oxidation sites excluding steroid dienone is 1. The molecule has 0 radical (unpaired) electrons. The molecule has 0 fully saturated rings. The van der Waals surface area contributed by atoms with Crippen LogP contribution in [0.15, 0.2) is 89.1 Å². The van der Waals surface area contributed by atoms with Crippen molar-refractivity contribution < 1.29 is 13.7 Å². The first-order valence-electron chi connectivity index (χ1n) is 11.0. The molecule has 0 bridgehead atoms. The number of rotatable bonds is 5. The molecule has 6 nitrogen and oxygen atoms in total. The van der Waals surface area contributed by atoms with Crippen LogP contribution >= 0.6 is 0 Å². The fourth-order valence-corrected chi connectivity index (χ4v) is 4.18. The van der Waals surface area contributed by atoms with Crippen LogP contribution in [0.4, 0.5) is 9.18 Å². The molecule has 0 saturated carbocycles. The number of nitrogens with one attached hydrogen (secondary N) is 1. The third-order valence-electron chi connectivity index (χ3n) is 6.06. The lowest BCUT2D eigenvalue weighted by atomic mass is 9.94. The van der Waals surface area contributed by atoms with Crippen LogP contribution in [0.5, 0.6) is 0 Å². The van der Waals surface area contributed by atoms with Crippen LogP contribution in [0.2, 0.25) is 0 Å². The van der Waals surface area contributed by atoms with Gasteiger partial charge in [-0.05, 0) is 42.7 Å². The molecule has 1 aliphatic rings. The standard InChI is InChI=1S/C27H23FN4O2/c1-17-9-6-7-12-21(17)16-32-18(2)23(24(29-27(32)33)20-13-8-14-22(28)15-20)26-30-25(31-34-26)19-10-4-3-5-11-19/h3-15,24H,16H2,1-2H3,(H,29,33). The van der Waals surface area contributed by atoms with Gasteiger partial charge in [-0.3, -0.25) is 4.90 Å². The Morgan fingerprint density at radius 3 is 2.53 bits per heavy atom. The van der Waals surface area contributed by atoms with E-state index in [0.717, 1.165) is 16.7 Å². The highest BCUT2D eigenvalue weighted by atomic mass is 19.1. The van der Waals surface area contributed by atoms with E-state index in [-0.39, 0.29) is 17.7 Å². The van der Waals surface area contributed by atoms with Crippen molar-refractivity contribution in [2.75, 3.05) is 0 Å². The molecule has 34 heavy (non-hydrogen) atoms. The first-order chi connectivity index (χ1) is 16.5. The average Bonchev–Trinajstić information content (AvgIpc) is 3.33. The van der Waals surface area contributed by atoms with Gasteiger partial charge >= 0.3 is 6.03 Å². The third-order valence-corrected chi connectivity index (χ3v) is 6.06. The van der Waals surface area contributed by atoms with Crippen LogP contribution in [-0.2, 0) is 6.54 Å². The molecule has 0 aliphatic carbocycles. The van der Waals surface area contributed by atoms with Crippen molar-refractivity contribution in [1.29, 1.82) is 0 Å². The van der Waals surface area contributed by atoms with Crippen LogP contribution in [-0.4, -0.2) is 21.1 Å². The zero-order chi connectivity index (χ0) is 23.7. The molecule has 5 rings (SSSR count). The summed E-state index contributed by atoms with van der Waals surface area (Å²) in [4.78, 5) is 19.5. The molecule has 1 unspecified atom stereocenters. The number of nitrogens with zero attached hydrogens (tertiary/aromatic N) is 3. The number of carbonyl (C=O) groups is 1. The van der Waals surface area contributed by atoms with Gasteiger partial charge in [-0.1, -0.05) is 71.9 Å². The van der Waals surface area contributed by atoms with E-state index in [1.807, 2.05) is 68.4 Å². The number of benzene rings is 3. The summed E-state index contributed by atoms with van der Waals surface area (Å²) in [5, 5.41) is 7.17. The molecule has 1 N–H and O–H groups in total. The van der Waals surface area contributed by atoms with Gasteiger partial charge in [0, 0.05) is 11.3 Å². The van der Waals surface area contributed by atoms with Crippen molar-refractivity contribution in [1.82, 2.24) is 20.4 Å². The molecule has 4 aromatic rings. The van der Waals surface area contributed by atoms with E-state index in [1.165, 1.54) is 12.1 Å². The van der Waals surface area contributed by atoms with Gasteiger partial charge in [0.25, 0.3) is 5.89 Å². The van der Waals surface area contributed by atoms with Crippen LogP contribution in [0.3, 0.4) is 0 Å². The maximum absolute atomic E-state index is 14.1. The molecule has 3 aromatic carbocycles. The Hall–Kier alpha value is -4.26. The Morgan fingerprint density at radius 2 is 1.76 bits per heavy atom. The Bertz CT molecular complexity index is 1380. The zero-order valence-electron chi connectivity index (χ0n) is 18.8. The summed E-state index contributed by atoms with van der Waals surface area (Å²) >= 11 is 0. The Morgan fingerprint density at radius 1 is 1.00 bits per heavy atom. The summed E-state index contributed by atoms with van der Waals surface area (Å²) in [5.41, 5.74) is 4.82. The number of hydrogen-bond acceptors (Lipinski definition) is 4. The molecule has 1 aromatic heterocycles. The van der Waals surface area contributed by atoms with Gasteiger partial charge in [0.1, 0.15) is 5.82 Å². The predicted octanol–water partition coefficient (Wildman–Crippen LogP) is 5.88. The predicted molar refractivity (Wildman–Crippen MR) is 127 cm³/mol. The second-order valence-corrected chi connectivity index (χ2v) is 8.24. The number of carbonyl (C=O) groups excluding carboxylic acids is 1. The van der Waals surface area contributed by atoms with Crippen LogP contribution < -0.4 is 5.32 Å². The minimum atomic E-state index is -0.639. The van der Waals surface area contributed by atoms with E-state index >= 15 is 0 Å². The van der Waals surface area contributed by atoms with Gasteiger partial charge < -0.3 is 9.84 Å². The SMILES string of the molecule is CC1=C(c2nc(-c3ccccc3)no2)C(c2cccc(F)c2)NC(=O)N1Cc1ccccc1C. The molecule has 7 heteroatoms. The quantitative estimate of drug-likeness (QED) is 0.409. The lowest BCUT2D eigenvalue weighted by Gasteiger charge is -2.35. The largest absolute Gasteiger partial charge is 0.334 e. The van der Waals surface area contributed by atoms with Crippen molar-refractivity contribution in [3.8, 4) is 11.4 Å². The topological polar surface area (TPSA) is 71.3 Å². The van der Waals surface area contributed by atoms with Gasteiger partial charge in [0.15, 0.2) is 0 Å². The number of halogens is 1. The zero-order valence-corrected chi connectivity index (χ0v) is 18.8. The van der Waals surface area contributed by atoms with E-state index in [1.54, 1.807) is 17.0 Å². The molecule has 0 spiro atoms. The number of urea groups is 1. The average molecular weight is 455 g/mol. The lowest BCUT2D eigenvalue weighted by Crippen LogP contribution is -2.45. The number of aryl methyl sites for hydroxylation is 1. The van der Waals surface area contributed by atoms with Crippen molar-refractivity contribution in [3.05, 3.63) is 113 Å². The van der Waals surface area contributed by atoms with Gasteiger partial charge in [-0.2, -0.15) is 4.98 Å². The number of amides is 2. The first-order valence-corrected chi connectivity index (χ1v) is 11.0. The maximum Gasteiger partial charge on any atom is 0.322 e. The summed E-state index contributed by atoms with van der Waals surface area (Å²) in [5.74, 6) is 0.332. The highest BCUT2D eigenvalue weighted by molar-refractivity contribution is 5.87. The molecule has 2 heterocycles. The van der Waals surface area contributed by atoms with Gasteiger partial charge in [-0.15, -0.1) is 0 Å². The third kappa shape index (κ3) is 4.08. The summed E-state index contributed by atoms with van der Waals surface area (Å²) in [6.07, 6.45) is 0. The molecule has 1 atom stereocenters. The second-order valence-electron chi connectivity index (χ2n) is 8.24. The number of hydrogen-bond donors (Lipinski definition) is 1. The van der Waals surface area contributed by atoms with Gasteiger partial charge in [-0.25, -0.2) is 9.18 Å². The molecular formula is C27H23FN4O2. The summed E-state index contributed by atoms with van der Waals surface area (Å²) in [7, 11) is 0. The lowest BCUT2D eigenvalue weighted by molar-refractivity contribution is 0.203. The highest BCUT2D eigenvalue weighted by Crippen LogP contribution is 2.38. The van der Waals surface area contributed by atoms with E-state index in [4.69, 9.17) is 4.52 Å². The summed E-state index contributed by atoms with van der Waals surface area (Å²) in [6, 6.07) is 22.7. The molecule has 2 amide bonds. The van der Waals surface area contributed by atoms with Gasteiger partial charge in [0.2, 0.25) is 5.82 Å². The van der Waals surface area contributed by atoms with Crippen molar-refractivity contribution in [2.45, 2.75) is 26.4 Å². The fraction of sp³-hybridized carbons (Fsp3) is 0.148. The van der Waals surface area contributed by atoms with Crippen molar-refractivity contribution >= 4 is 11.6 Å². The van der Waals surface area contributed by atoms with Gasteiger partial charge in [0.05, 0.1) is 18.2 Å². The van der Waals surface area contributed by atoms with Crippen LogP contribution in [0.25, 0.3) is 17.0 Å². The minimum Gasteiger partial charge on any atom is -0.334 e. The Labute approximate surface area is 196 Å². The minimum absolute atomic E-state index is 0.276. The van der Waals surface area contributed by atoms with Crippen LogP contribution in [0.1, 0.15) is 35.5 Å². The smallest absolute Gasteiger partial charge is 0.322 e. The van der Waals surface area contributed by atoms with E-state index in [0.29, 0.717) is 29.2 Å². The van der Waals surface area contributed by atoms with E-state index in [9.17, 15) is 9.18 Å². The fourth-order valence-electron chi connectivity index (χ4n) is 4.18. The Kier molecular flexibility index (Phi) is 5.67. The van der Waals surface area contributed by atoms with Crippen molar-refractivity contribution in [3.63, 3.8) is 0 Å². The molecular weight excluding hydrogens is 431 g/mol.